The summed E-state index contributed by atoms with van der Waals surface area (Å²) >= 11 is 5.84. The molecule has 0 saturated carbocycles. The molecule has 0 atom stereocenters. The molecule has 0 radical (unpaired) electrons. The second-order valence-corrected chi connectivity index (χ2v) is 3.10. The molecule has 0 amide bonds. The van der Waals surface area contributed by atoms with Gasteiger partial charge in [-0.05, 0) is 12.1 Å². The monoisotopic (exact) mass is 184 g/mol. The largest absolute Gasteiger partial charge is 0.471 e. The Balaban J connectivity index is 2.06. The molecule has 2 heterocycles. The van der Waals surface area contributed by atoms with Crippen molar-refractivity contribution >= 4 is 11.6 Å². The van der Waals surface area contributed by atoms with E-state index in [1.165, 1.54) is 0 Å². The van der Waals surface area contributed by atoms with E-state index >= 15 is 0 Å². The van der Waals surface area contributed by atoms with Crippen LogP contribution in [-0.2, 0) is 0 Å². The molecule has 0 unspecified atom stereocenters. The van der Waals surface area contributed by atoms with E-state index in [-0.39, 0.29) is 6.10 Å². The van der Waals surface area contributed by atoms with E-state index in [1.54, 1.807) is 18.3 Å². The molecule has 1 aromatic rings. The second-order valence-electron chi connectivity index (χ2n) is 2.69. The van der Waals surface area contributed by atoms with E-state index in [0.29, 0.717) is 10.9 Å². The minimum atomic E-state index is 0.234. The van der Waals surface area contributed by atoms with Gasteiger partial charge in [0, 0.05) is 19.3 Å². The molecule has 64 valence electrons. The molecular weight excluding hydrogens is 176 g/mol. The molecule has 0 aromatic carbocycles. The Morgan fingerprint density at radius 3 is 3.00 bits per heavy atom. The highest BCUT2D eigenvalue weighted by Crippen LogP contribution is 2.21. The third-order valence-corrected chi connectivity index (χ3v) is 2.03. The fraction of sp³-hybridized carbons (Fsp3) is 0.375. The Morgan fingerprint density at radius 2 is 2.42 bits per heavy atom. The zero-order valence-electron chi connectivity index (χ0n) is 6.46. The Morgan fingerprint density at radius 1 is 1.58 bits per heavy atom. The molecule has 1 saturated heterocycles. The van der Waals surface area contributed by atoms with E-state index in [0.717, 1.165) is 13.1 Å². The van der Waals surface area contributed by atoms with Crippen LogP contribution in [0.5, 0.6) is 5.88 Å². The van der Waals surface area contributed by atoms with Gasteiger partial charge in [-0.1, -0.05) is 11.6 Å². The summed E-state index contributed by atoms with van der Waals surface area (Å²) in [5, 5.41) is 3.68. The van der Waals surface area contributed by atoms with Crippen LogP contribution in [0.4, 0.5) is 0 Å². The third-order valence-electron chi connectivity index (χ3n) is 1.75. The smallest absolute Gasteiger partial charge is 0.232 e. The molecule has 2 rings (SSSR count). The molecule has 1 N–H and O–H groups in total. The van der Waals surface area contributed by atoms with Gasteiger partial charge in [-0.15, -0.1) is 0 Å². The average molecular weight is 185 g/mol. The standard InChI is InChI=1S/C8H9ClN2O/c9-7-2-1-3-11-8(7)12-6-4-10-5-6/h1-3,6,10H,4-5H2. The van der Waals surface area contributed by atoms with Crippen molar-refractivity contribution in [3.8, 4) is 5.88 Å². The number of hydrogen-bond acceptors (Lipinski definition) is 3. The van der Waals surface area contributed by atoms with Crippen LogP contribution in [0.1, 0.15) is 0 Å². The van der Waals surface area contributed by atoms with Crippen LogP contribution in [0.3, 0.4) is 0 Å². The van der Waals surface area contributed by atoms with Crippen molar-refractivity contribution in [3.63, 3.8) is 0 Å². The molecule has 1 aliphatic rings. The fourth-order valence-corrected chi connectivity index (χ4v) is 1.13. The lowest BCUT2D eigenvalue weighted by molar-refractivity contribution is 0.136. The number of hydrogen-bond donors (Lipinski definition) is 1. The molecular formula is C8H9ClN2O. The van der Waals surface area contributed by atoms with Crippen LogP contribution in [0, 0.1) is 0 Å². The normalized spacial score (nSPS) is 17.1. The summed E-state index contributed by atoms with van der Waals surface area (Å²) in [6.07, 6.45) is 1.91. The van der Waals surface area contributed by atoms with Crippen molar-refractivity contribution in [2.45, 2.75) is 6.10 Å². The van der Waals surface area contributed by atoms with Crippen LogP contribution >= 0.6 is 11.6 Å². The van der Waals surface area contributed by atoms with E-state index in [1.807, 2.05) is 0 Å². The average Bonchev–Trinajstić information content (AvgIpc) is 2.00. The molecule has 4 heteroatoms. The summed E-state index contributed by atoms with van der Waals surface area (Å²) in [5.41, 5.74) is 0. The van der Waals surface area contributed by atoms with E-state index in [9.17, 15) is 0 Å². The topological polar surface area (TPSA) is 34.1 Å². The van der Waals surface area contributed by atoms with Crippen LogP contribution in [0.15, 0.2) is 18.3 Å². The first-order chi connectivity index (χ1) is 5.86. The van der Waals surface area contributed by atoms with Gasteiger partial charge in [-0.3, -0.25) is 0 Å². The number of nitrogens with one attached hydrogen (secondary N) is 1. The highest BCUT2D eigenvalue weighted by Gasteiger charge is 2.19. The minimum Gasteiger partial charge on any atom is -0.471 e. The molecule has 1 aromatic heterocycles. The lowest BCUT2D eigenvalue weighted by Gasteiger charge is -2.27. The van der Waals surface area contributed by atoms with Crippen molar-refractivity contribution < 1.29 is 4.74 Å². The van der Waals surface area contributed by atoms with Gasteiger partial charge < -0.3 is 10.1 Å². The zero-order chi connectivity index (χ0) is 8.39. The summed E-state index contributed by atoms with van der Waals surface area (Å²) in [6, 6.07) is 3.56. The number of rotatable bonds is 2. The first-order valence-electron chi connectivity index (χ1n) is 3.84. The van der Waals surface area contributed by atoms with Gasteiger partial charge in [0.15, 0.2) is 0 Å². The molecule has 1 fully saturated rings. The number of nitrogens with zero attached hydrogens (tertiary/aromatic N) is 1. The molecule has 3 nitrogen and oxygen atoms in total. The molecule has 0 bridgehead atoms. The summed E-state index contributed by atoms with van der Waals surface area (Å²) in [4.78, 5) is 4.02. The van der Waals surface area contributed by atoms with Gasteiger partial charge in [-0.25, -0.2) is 4.98 Å². The van der Waals surface area contributed by atoms with Gasteiger partial charge in [0.05, 0.1) is 0 Å². The fourth-order valence-electron chi connectivity index (χ4n) is 0.961. The number of aromatic nitrogens is 1. The summed E-state index contributed by atoms with van der Waals surface area (Å²) in [5.74, 6) is 0.533. The Bertz CT molecular complexity index is 276. The molecule has 1 aliphatic heterocycles. The highest BCUT2D eigenvalue weighted by molar-refractivity contribution is 6.31. The number of ether oxygens (including phenoxy) is 1. The lowest BCUT2D eigenvalue weighted by Crippen LogP contribution is -2.50. The van der Waals surface area contributed by atoms with Gasteiger partial charge >= 0.3 is 0 Å². The van der Waals surface area contributed by atoms with E-state index in [4.69, 9.17) is 16.3 Å². The minimum absolute atomic E-state index is 0.234. The predicted octanol–water partition coefficient (Wildman–Crippen LogP) is 1.09. The maximum atomic E-state index is 5.84. The van der Waals surface area contributed by atoms with Crippen molar-refractivity contribution in [2.75, 3.05) is 13.1 Å². The third kappa shape index (κ3) is 1.52. The molecule has 0 spiro atoms. The first kappa shape index (κ1) is 7.83. The van der Waals surface area contributed by atoms with E-state index < -0.39 is 0 Å². The number of halogens is 1. The van der Waals surface area contributed by atoms with Gasteiger partial charge in [0.25, 0.3) is 0 Å². The maximum Gasteiger partial charge on any atom is 0.232 e. The summed E-state index contributed by atoms with van der Waals surface area (Å²) < 4.78 is 5.48. The lowest BCUT2D eigenvalue weighted by atomic mass is 10.2. The van der Waals surface area contributed by atoms with Crippen LogP contribution in [0.2, 0.25) is 5.02 Å². The molecule has 0 aliphatic carbocycles. The van der Waals surface area contributed by atoms with Gasteiger partial charge in [0.2, 0.25) is 5.88 Å². The Hall–Kier alpha value is -0.800. The van der Waals surface area contributed by atoms with Gasteiger partial charge in [0.1, 0.15) is 11.1 Å². The predicted molar refractivity (Wildman–Crippen MR) is 46.5 cm³/mol. The summed E-state index contributed by atoms with van der Waals surface area (Å²) in [6.45, 7) is 1.76. The SMILES string of the molecule is Clc1cccnc1OC1CNC1. The van der Waals surface area contributed by atoms with Crippen LogP contribution in [0.25, 0.3) is 0 Å². The van der Waals surface area contributed by atoms with Crippen molar-refractivity contribution in [1.29, 1.82) is 0 Å². The molecule has 12 heavy (non-hydrogen) atoms. The maximum absolute atomic E-state index is 5.84. The first-order valence-corrected chi connectivity index (χ1v) is 4.22. The Labute approximate surface area is 75.7 Å². The van der Waals surface area contributed by atoms with Crippen LogP contribution in [-0.4, -0.2) is 24.2 Å². The summed E-state index contributed by atoms with van der Waals surface area (Å²) in [7, 11) is 0. The quantitative estimate of drug-likeness (QED) is 0.747. The van der Waals surface area contributed by atoms with Crippen molar-refractivity contribution in [1.82, 2.24) is 10.3 Å². The second kappa shape index (κ2) is 3.29. The zero-order valence-corrected chi connectivity index (χ0v) is 7.21. The van der Waals surface area contributed by atoms with Crippen molar-refractivity contribution in [2.24, 2.45) is 0 Å². The van der Waals surface area contributed by atoms with Gasteiger partial charge in [-0.2, -0.15) is 0 Å². The highest BCUT2D eigenvalue weighted by atomic mass is 35.5. The van der Waals surface area contributed by atoms with E-state index in [2.05, 4.69) is 10.3 Å². The Kier molecular flexibility index (Phi) is 2.15. The van der Waals surface area contributed by atoms with Crippen LogP contribution < -0.4 is 10.1 Å². The van der Waals surface area contributed by atoms with Crippen molar-refractivity contribution in [3.05, 3.63) is 23.4 Å². The number of pyridine rings is 1.